The Morgan fingerprint density at radius 3 is 2.40 bits per heavy atom. The summed E-state index contributed by atoms with van der Waals surface area (Å²) in [5, 5.41) is 2.95. The zero-order valence-corrected chi connectivity index (χ0v) is 16.7. The first-order chi connectivity index (χ1) is 12.1. The third-order valence-corrected chi connectivity index (χ3v) is 4.91. The van der Waals surface area contributed by atoms with Crippen LogP contribution >= 0.6 is 27.7 Å². The molecule has 0 fully saturated rings. The molecule has 0 heterocycles. The molecule has 2 rings (SSSR count). The minimum atomic E-state index is -0.0529. The van der Waals surface area contributed by atoms with Crippen molar-refractivity contribution < 1.29 is 14.3 Å². The Morgan fingerprint density at radius 1 is 1.12 bits per heavy atom. The average molecular weight is 424 g/mol. The molecule has 0 aromatic heterocycles. The van der Waals surface area contributed by atoms with Crippen molar-refractivity contribution in [2.75, 3.05) is 19.5 Å². The van der Waals surface area contributed by atoms with E-state index in [1.807, 2.05) is 43.3 Å². The normalized spacial score (nSPS) is 11.6. The van der Waals surface area contributed by atoms with Gasteiger partial charge in [-0.3, -0.25) is 4.79 Å². The van der Waals surface area contributed by atoms with E-state index in [1.54, 1.807) is 18.9 Å². The van der Waals surface area contributed by atoms with Crippen LogP contribution in [-0.2, 0) is 10.5 Å². The van der Waals surface area contributed by atoms with E-state index in [0.717, 1.165) is 21.7 Å². The van der Waals surface area contributed by atoms with Crippen molar-refractivity contribution in [3.05, 3.63) is 58.6 Å². The summed E-state index contributed by atoms with van der Waals surface area (Å²) in [5.41, 5.74) is 1.21. The first-order valence-electron chi connectivity index (χ1n) is 7.95. The summed E-state index contributed by atoms with van der Waals surface area (Å²) in [5.74, 6) is 2.82. The first-order valence-corrected chi connectivity index (χ1v) is 9.90. The number of carbonyl (C=O) groups is 1. The standard InChI is InChI=1S/C19H22BrNO3S/c1-14(11-24-18-9-7-17(23-2)8-10-18)21-19(22)13-25-12-15-3-5-16(20)6-4-15/h3-10,14H,11-13H2,1-2H3,(H,21,22). The lowest BCUT2D eigenvalue weighted by atomic mass is 10.2. The molecule has 1 atom stereocenters. The maximum atomic E-state index is 12.0. The Labute approximate surface area is 161 Å². The highest BCUT2D eigenvalue weighted by atomic mass is 79.9. The second kappa shape index (κ2) is 10.4. The topological polar surface area (TPSA) is 47.6 Å². The van der Waals surface area contributed by atoms with Gasteiger partial charge in [0.05, 0.1) is 18.9 Å². The number of thioether (sulfide) groups is 1. The molecule has 0 radical (unpaired) electrons. The number of ether oxygens (including phenoxy) is 2. The molecule has 6 heteroatoms. The Bertz CT molecular complexity index is 661. The van der Waals surface area contributed by atoms with E-state index in [1.165, 1.54) is 5.56 Å². The van der Waals surface area contributed by atoms with Gasteiger partial charge < -0.3 is 14.8 Å². The van der Waals surface area contributed by atoms with Crippen molar-refractivity contribution >= 4 is 33.6 Å². The van der Waals surface area contributed by atoms with Gasteiger partial charge in [0.15, 0.2) is 0 Å². The van der Waals surface area contributed by atoms with E-state index in [2.05, 4.69) is 33.4 Å². The average Bonchev–Trinajstić information content (AvgIpc) is 2.62. The first kappa shape index (κ1) is 19.7. The molecule has 0 saturated carbocycles. The van der Waals surface area contributed by atoms with Crippen LogP contribution in [-0.4, -0.2) is 31.4 Å². The smallest absolute Gasteiger partial charge is 0.230 e. The van der Waals surface area contributed by atoms with Gasteiger partial charge in [-0.05, 0) is 48.9 Å². The molecule has 1 unspecified atom stereocenters. The number of hydrogen-bond acceptors (Lipinski definition) is 4. The van der Waals surface area contributed by atoms with E-state index in [4.69, 9.17) is 9.47 Å². The van der Waals surface area contributed by atoms with Crippen LogP contribution in [0.1, 0.15) is 12.5 Å². The lowest BCUT2D eigenvalue weighted by molar-refractivity contribution is -0.119. The van der Waals surface area contributed by atoms with Gasteiger partial charge in [0.1, 0.15) is 18.1 Å². The van der Waals surface area contributed by atoms with E-state index >= 15 is 0 Å². The summed E-state index contributed by atoms with van der Waals surface area (Å²) < 4.78 is 11.8. The van der Waals surface area contributed by atoms with Crippen molar-refractivity contribution in [1.82, 2.24) is 5.32 Å². The second-order valence-corrected chi connectivity index (χ2v) is 7.48. The Kier molecular flexibility index (Phi) is 8.15. The molecule has 0 aliphatic rings. The number of halogens is 1. The lowest BCUT2D eigenvalue weighted by Crippen LogP contribution is -2.37. The van der Waals surface area contributed by atoms with E-state index in [0.29, 0.717) is 12.4 Å². The predicted molar refractivity (Wildman–Crippen MR) is 106 cm³/mol. The summed E-state index contributed by atoms with van der Waals surface area (Å²) in [6.45, 7) is 2.36. The summed E-state index contributed by atoms with van der Waals surface area (Å²) in [6, 6.07) is 15.5. The number of carbonyl (C=O) groups excluding carboxylic acids is 1. The van der Waals surface area contributed by atoms with Crippen LogP contribution in [0.4, 0.5) is 0 Å². The summed E-state index contributed by atoms with van der Waals surface area (Å²) in [7, 11) is 1.63. The van der Waals surface area contributed by atoms with E-state index < -0.39 is 0 Å². The van der Waals surface area contributed by atoms with Crippen LogP contribution in [0.2, 0.25) is 0 Å². The third-order valence-electron chi connectivity index (χ3n) is 3.38. The van der Waals surface area contributed by atoms with Crippen LogP contribution < -0.4 is 14.8 Å². The second-order valence-electron chi connectivity index (χ2n) is 5.57. The molecule has 0 aliphatic carbocycles. The number of rotatable bonds is 9. The molecule has 0 saturated heterocycles. The minimum absolute atomic E-state index is 0.0212. The molecule has 0 spiro atoms. The number of methoxy groups -OCH3 is 1. The summed E-state index contributed by atoms with van der Waals surface area (Å²) in [6.07, 6.45) is 0. The van der Waals surface area contributed by atoms with Gasteiger partial charge >= 0.3 is 0 Å². The van der Waals surface area contributed by atoms with E-state index in [-0.39, 0.29) is 11.9 Å². The molecule has 1 N–H and O–H groups in total. The fourth-order valence-electron chi connectivity index (χ4n) is 2.09. The van der Waals surface area contributed by atoms with Gasteiger partial charge in [0.25, 0.3) is 0 Å². The predicted octanol–water partition coefficient (Wildman–Crippen LogP) is 4.27. The molecular weight excluding hydrogens is 402 g/mol. The van der Waals surface area contributed by atoms with Gasteiger partial charge in [-0.1, -0.05) is 28.1 Å². The van der Waals surface area contributed by atoms with Crippen LogP contribution in [0.15, 0.2) is 53.0 Å². The molecule has 25 heavy (non-hydrogen) atoms. The Morgan fingerprint density at radius 2 is 1.76 bits per heavy atom. The Balaban J connectivity index is 1.64. The van der Waals surface area contributed by atoms with Crippen LogP contribution in [0.25, 0.3) is 0 Å². The van der Waals surface area contributed by atoms with E-state index in [9.17, 15) is 4.79 Å². The van der Waals surface area contributed by atoms with Crippen molar-refractivity contribution in [2.45, 2.75) is 18.7 Å². The molecule has 134 valence electrons. The van der Waals surface area contributed by atoms with Crippen molar-refractivity contribution in [3.63, 3.8) is 0 Å². The molecule has 0 bridgehead atoms. The zero-order chi connectivity index (χ0) is 18.1. The highest BCUT2D eigenvalue weighted by Crippen LogP contribution is 2.17. The zero-order valence-electron chi connectivity index (χ0n) is 14.3. The Hall–Kier alpha value is -1.66. The number of amides is 1. The van der Waals surface area contributed by atoms with Gasteiger partial charge in [-0.15, -0.1) is 11.8 Å². The van der Waals surface area contributed by atoms with Gasteiger partial charge in [-0.25, -0.2) is 0 Å². The fourth-order valence-corrected chi connectivity index (χ4v) is 3.16. The molecular formula is C19H22BrNO3S. The molecule has 0 aliphatic heterocycles. The number of nitrogens with one attached hydrogen (secondary N) is 1. The van der Waals surface area contributed by atoms with Crippen molar-refractivity contribution in [1.29, 1.82) is 0 Å². The maximum Gasteiger partial charge on any atom is 0.230 e. The molecule has 4 nitrogen and oxygen atoms in total. The monoisotopic (exact) mass is 423 g/mol. The van der Waals surface area contributed by atoms with Crippen molar-refractivity contribution in [3.8, 4) is 11.5 Å². The van der Waals surface area contributed by atoms with Crippen molar-refractivity contribution in [2.24, 2.45) is 0 Å². The largest absolute Gasteiger partial charge is 0.497 e. The van der Waals surface area contributed by atoms with Gasteiger partial charge in [0.2, 0.25) is 5.91 Å². The maximum absolute atomic E-state index is 12.0. The van der Waals surface area contributed by atoms with Gasteiger partial charge in [0, 0.05) is 10.2 Å². The van der Waals surface area contributed by atoms with Crippen LogP contribution in [0, 0.1) is 0 Å². The lowest BCUT2D eigenvalue weighted by Gasteiger charge is -2.15. The molecule has 1 amide bonds. The number of benzene rings is 2. The van der Waals surface area contributed by atoms with Crippen LogP contribution in [0.5, 0.6) is 11.5 Å². The third kappa shape index (κ3) is 7.40. The molecule has 2 aromatic carbocycles. The minimum Gasteiger partial charge on any atom is -0.497 e. The highest BCUT2D eigenvalue weighted by molar-refractivity contribution is 9.10. The summed E-state index contributed by atoms with van der Waals surface area (Å²) in [4.78, 5) is 12.0. The molecule has 2 aromatic rings. The fraction of sp³-hybridized carbons (Fsp3) is 0.316. The quantitative estimate of drug-likeness (QED) is 0.653. The van der Waals surface area contributed by atoms with Crippen LogP contribution in [0.3, 0.4) is 0 Å². The summed E-state index contributed by atoms with van der Waals surface area (Å²) >= 11 is 5.01. The SMILES string of the molecule is COc1ccc(OCC(C)NC(=O)CSCc2ccc(Br)cc2)cc1. The highest BCUT2D eigenvalue weighted by Gasteiger charge is 2.08. The van der Waals surface area contributed by atoms with Gasteiger partial charge in [-0.2, -0.15) is 0 Å². The number of hydrogen-bond donors (Lipinski definition) is 1.